The first kappa shape index (κ1) is 15.4. The van der Waals surface area contributed by atoms with E-state index in [1.54, 1.807) is 12.1 Å². The van der Waals surface area contributed by atoms with E-state index in [2.05, 4.69) is 0 Å². The van der Waals surface area contributed by atoms with Crippen LogP contribution in [0.1, 0.15) is 21.8 Å². The van der Waals surface area contributed by atoms with Crippen molar-refractivity contribution in [3.8, 4) is 6.07 Å². The summed E-state index contributed by atoms with van der Waals surface area (Å²) in [6.45, 7) is 0. The average molecular weight is 326 g/mol. The molecule has 0 bridgehead atoms. The number of Topliss-reactive ketones (excluding diaryl/α,β-unsaturated/α-hetero) is 1. The van der Waals surface area contributed by atoms with Gasteiger partial charge in [-0.15, -0.1) is 0 Å². The zero-order valence-corrected chi connectivity index (χ0v) is 11.9. The molecule has 106 valence electrons. The van der Waals surface area contributed by atoms with E-state index in [1.807, 2.05) is 0 Å². The maximum absolute atomic E-state index is 13.8. The molecule has 0 spiro atoms. The Morgan fingerprint density at radius 2 is 1.76 bits per heavy atom. The molecule has 2 aromatic carbocycles. The first-order valence-corrected chi connectivity index (χ1v) is 6.54. The van der Waals surface area contributed by atoms with Gasteiger partial charge in [-0.3, -0.25) is 4.79 Å². The third-order valence-electron chi connectivity index (χ3n) is 2.87. The summed E-state index contributed by atoms with van der Waals surface area (Å²) in [7, 11) is 0. The first-order chi connectivity index (χ1) is 9.95. The molecule has 2 nitrogen and oxygen atoms in total. The van der Waals surface area contributed by atoms with E-state index in [4.69, 9.17) is 28.5 Å². The zero-order chi connectivity index (χ0) is 15.6. The molecule has 6 heteroatoms. The maximum Gasteiger partial charge on any atom is 0.187 e. The monoisotopic (exact) mass is 325 g/mol. The van der Waals surface area contributed by atoms with Crippen LogP contribution in [0.4, 0.5) is 8.78 Å². The van der Waals surface area contributed by atoms with Crippen LogP contribution < -0.4 is 0 Å². The predicted molar refractivity (Wildman–Crippen MR) is 75.5 cm³/mol. The van der Waals surface area contributed by atoms with Crippen LogP contribution >= 0.6 is 23.2 Å². The van der Waals surface area contributed by atoms with Gasteiger partial charge in [0, 0.05) is 11.6 Å². The largest absolute Gasteiger partial charge is 0.292 e. The van der Waals surface area contributed by atoms with Crippen molar-refractivity contribution in [3.05, 3.63) is 69.2 Å². The number of halogens is 4. The van der Waals surface area contributed by atoms with Crippen LogP contribution in [-0.4, -0.2) is 5.78 Å². The number of benzene rings is 2. The molecule has 0 aromatic heterocycles. The number of ketones is 1. The quantitative estimate of drug-likeness (QED) is 0.763. The molecule has 1 unspecified atom stereocenters. The second kappa shape index (κ2) is 6.21. The Balaban J connectivity index is 2.52. The highest BCUT2D eigenvalue weighted by Gasteiger charge is 2.28. The van der Waals surface area contributed by atoms with E-state index < -0.39 is 23.3 Å². The van der Waals surface area contributed by atoms with Crippen molar-refractivity contribution >= 4 is 29.0 Å². The van der Waals surface area contributed by atoms with E-state index >= 15 is 0 Å². The van der Waals surface area contributed by atoms with Gasteiger partial charge in [-0.25, -0.2) is 8.78 Å². The van der Waals surface area contributed by atoms with E-state index in [-0.39, 0.29) is 21.2 Å². The lowest BCUT2D eigenvalue weighted by Crippen LogP contribution is -2.14. The summed E-state index contributed by atoms with van der Waals surface area (Å²) in [5.41, 5.74) is -0.281. The second-order valence-electron chi connectivity index (χ2n) is 4.19. The minimum atomic E-state index is -1.46. The minimum absolute atomic E-state index is 0.0592. The summed E-state index contributed by atoms with van der Waals surface area (Å²) in [6, 6.07) is 8.77. The number of nitriles is 1. The van der Waals surface area contributed by atoms with Gasteiger partial charge in [0.25, 0.3) is 0 Å². The fourth-order valence-electron chi connectivity index (χ4n) is 1.88. The van der Waals surface area contributed by atoms with E-state index in [9.17, 15) is 13.6 Å². The van der Waals surface area contributed by atoms with Crippen LogP contribution in [-0.2, 0) is 0 Å². The van der Waals surface area contributed by atoms with Crippen molar-refractivity contribution in [1.29, 1.82) is 5.26 Å². The van der Waals surface area contributed by atoms with Gasteiger partial charge in [-0.2, -0.15) is 5.26 Å². The van der Waals surface area contributed by atoms with E-state index in [0.29, 0.717) is 6.07 Å². The molecular formula is C15H7Cl2F2NO. The maximum atomic E-state index is 13.8. The topological polar surface area (TPSA) is 40.9 Å². The fourth-order valence-corrected chi connectivity index (χ4v) is 2.47. The summed E-state index contributed by atoms with van der Waals surface area (Å²) in [4.78, 5) is 12.4. The molecule has 2 rings (SSSR count). The van der Waals surface area contributed by atoms with E-state index in [1.165, 1.54) is 12.1 Å². The molecular weight excluding hydrogens is 319 g/mol. The lowest BCUT2D eigenvalue weighted by Gasteiger charge is -2.12. The summed E-state index contributed by atoms with van der Waals surface area (Å²) in [5.74, 6) is -3.96. The molecule has 0 N–H and O–H groups in total. The Hall–Kier alpha value is -1.96. The van der Waals surface area contributed by atoms with Gasteiger partial charge >= 0.3 is 0 Å². The van der Waals surface area contributed by atoms with Crippen LogP contribution in [0.15, 0.2) is 36.4 Å². The van der Waals surface area contributed by atoms with Crippen LogP contribution in [0.25, 0.3) is 0 Å². The highest BCUT2D eigenvalue weighted by Crippen LogP contribution is 2.31. The summed E-state index contributed by atoms with van der Waals surface area (Å²) in [6.07, 6.45) is 0. The molecule has 21 heavy (non-hydrogen) atoms. The SMILES string of the molecule is N#CC(C(=O)c1c(Cl)cccc1Cl)c1ccc(F)cc1F. The fraction of sp³-hybridized carbons (Fsp3) is 0.0667. The summed E-state index contributed by atoms with van der Waals surface area (Å²) >= 11 is 11.8. The van der Waals surface area contributed by atoms with Crippen molar-refractivity contribution in [3.63, 3.8) is 0 Å². The molecule has 0 fully saturated rings. The van der Waals surface area contributed by atoms with Gasteiger partial charge in [0.2, 0.25) is 0 Å². The molecule has 0 aliphatic rings. The molecule has 0 aliphatic carbocycles. The van der Waals surface area contributed by atoms with Crippen molar-refractivity contribution in [2.75, 3.05) is 0 Å². The Kier molecular flexibility index (Phi) is 4.56. The minimum Gasteiger partial charge on any atom is -0.292 e. The lowest BCUT2D eigenvalue weighted by molar-refractivity contribution is 0.0977. The van der Waals surface area contributed by atoms with Crippen LogP contribution in [0.5, 0.6) is 0 Å². The van der Waals surface area contributed by atoms with Gasteiger partial charge in [0.1, 0.15) is 17.6 Å². The van der Waals surface area contributed by atoms with Crippen molar-refractivity contribution in [1.82, 2.24) is 0 Å². The summed E-state index contributed by atoms with van der Waals surface area (Å²) < 4.78 is 26.7. The van der Waals surface area contributed by atoms with Gasteiger partial charge < -0.3 is 0 Å². The van der Waals surface area contributed by atoms with E-state index in [0.717, 1.165) is 12.1 Å². The Labute approximate surface area is 129 Å². The van der Waals surface area contributed by atoms with Crippen molar-refractivity contribution in [2.24, 2.45) is 0 Å². The van der Waals surface area contributed by atoms with Gasteiger partial charge in [0.15, 0.2) is 5.78 Å². The molecule has 2 aromatic rings. The Bertz CT molecular complexity index is 736. The van der Waals surface area contributed by atoms with Gasteiger partial charge in [0.05, 0.1) is 21.7 Å². The lowest BCUT2D eigenvalue weighted by atomic mass is 9.91. The normalized spacial score (nSPS) is 11.8. The Morgan fingerprint density at radius 3 is 2.29 bits per heavy atom. The number of carbonyl (C=O) groups is 1. The number of carbonyl (C=O) groups excluding carboxylic acids is 1. The number of hydrogen-bond donors (Lipinski definition) is 0. The van der Waals surface area contributed by atoms with Gasteiger partial charge in [-0.05, 0) is 18.2 Å². The second-order valence-corrected chi connectivity index (χ2v) is 5.00. The zero-order valence-electron chi connectivity index (χ0n) is 10.4. The van der Waals surface area contributed by atoms with Crippen molar-refractivity contribution < 1.29 is 13.6 Å². The van der Waals surface area contributed by atoms with Crippen LogP contribution in [0.2, 0.25) is 10.0 Å². The molecule has 0 amide bonds. The smallest absolute Gasteiger partial charge is 0.187 e. The van der Waals surface area contributed by atoms with Crippen LogP contribution in [0.3, 0.4) is 0 Å². The third-order valence-corrected chi connectivity index (χ3v) is 3.50. The number of rotatable bonds is 3. The molecule has 0 saturated carbocycles. The molecule has 0 saturated heterocycles. The van der Waals surface area contributed by atoms with Gasteiger partial charge in [-0.1, -0.05) is 35.3 Å². The number of hydrogen-bond acceptors (Lipinski definition) is 2. The molecule has 1 atom stereocenters. The molecule has 0 heterocycles. The molecule has 0 aliphatic heterocycles. The number of nitrogens with zero attached hydrogens (tertiary/aromatic N) is 1. The highest BCUT2D eigenvalue weighted by atomic mass is 35.5. The highest BCUT2D eigenvalue weighted by molar-refractivity contribution is 6.40. The average Bonchev–Trinajstić information content (AvgIpc) is 2.41. The molecule has 0 radical (unpaired) electrons. The van der Waals surface area contributed by atoms with Crippen molar-refractivity contribution in [2.45, 2.75) is 5.92 Å². The standard InChI is InChI=1S/C15H7Cl2F2NO/c16-11-2-1-3-12(17)14(11)15(21)10(7-20)9-5-4-8(18)6-13(9)19/h1-6,10H. The summed E-state index contributed by atoms with van der Waals surface area (Å²) in [5, 5.41) is 9.30. The predicted octanol–water partition coefficient (Wildman–Crippen LogP) is 4.76. The first-order valence-electron chi connectivity index (χ1n) is 5.78. The van der Waals surface area contributed by atoms with Crippen LogP contribution in [0, 0.1) is 23.0 Å². The third kappa shape index (κ3) is 3.05. The Morgan fingerprint density at radius 1 is 1.14 bits per heavy atom.